The van der Waals surface area contributed by atoms with Crippen LogP contribution in [0.4, 0.5) is 4.39 Å². The molecule has 25 heavy (non-hydrogen) atoms. The fourth-order valence-corrected chi connectivity index (χ4v) is 3.41. The predicted octanol–water partition coefficient (Wildman–Crippen LogP) is 4.44. The third-order valence-corrected chi connectivity index (χ3v) is 5.02. The number of amides is 1. The highest BCUT2D eigenvalue weighted by Crippen LogP contribution is 2.21. The molecule has 2 heterocycles. The fraction of sp³-hybridized carbons (Fsp3) is 0.263. The molecule has 0 unspecified atom stereocenters. The van der Waals surface area contributed by atoms with Crippen LogP contribution in [0.1, 0.15) is 22.8 Å². The van der Waals surface area contributed by atoms with Crippen molar-refractivity contribution in [2.24, 2.45) is 0 Å². The lowest BCUT2D eigenvalue weighted by molar-refractivity contribution is -0.130. The van der Waals surface area contributed by atoms with E-state index in [1.54, 1.807) is 41.6 Å². The maximum Gasteiger partial charge on any atom is 0.223 e. The second-order valence-corrected chi connectivity index (χ2v) is 6.90. The van der Waals surface area contributed by atoms with E-state index >= 15 is 0 Å². The van der Waals surface area contributed by atoms with Gasteiger partial charge >= 0.3 is 0 Å². The molecule has 130 valence electrons. The van der Waals surface area contributed by atoms with Crippen LogP contribution < -0.4 is 0 Å². The molecule has 4 nitrogen and oxygen atoms in total. The Morgan fingerprint density at radius 2 is 2.04 bits per heavy atom. The molecule has 0 aliphatic carbocycles. The summed E-state index contributed by atoms with van der Waals surface area (Å²) in [6.07, 6.45) is 2.38. The second-order valence-electron chi connectivity index (χ2n) is 5.90. The minimum absolute atomic E-state index is 0.0503. The molecule has 3 aromatic rings. The number of benzene rings is 1. The Kier molecular flexibility index (Phi) is 5.28. The molecular weight excluding hydrogens is 339 g/mol. The van der Waals surface area contributed by atoms with E-state index in [0.717, 1.165) is 5.56 Å². The Morgan fingerprint density at radius 1 is 1.28 bits per heavy atom. The third kappa shape index (κ3) is 4.33. The van der Waals surface area contributed by atoms with Crippen LogP contribution in [0.3, 0.4) is 0 Å². The molecule has 6 heteroatoms. The molecule has 0 N–H and O–H groups in total. The number of carbonyl (C=O) groups is 1. The quantitative estimate of drug-likeness (QED) is 0.654. The van der Waals surface area contributed by atoms with E-state index in [0.29, 0.717) is 31.0 Å². The van der Waals surface area contributed by atoms with Crippen LogP contribution in [0.25, 0.3) is 11.3 Å². The average molecular weight is 358 g/mol. The van der Waals surface area contributed by atoms with Crippen molar-refractivity contribution in [1.82, 2.24) is 9.88 Å². The smallest absolute Gasteiger partial charge is 0.223 e. The molecular formula is C19H19FN2O2S. The predicted molar refractivity (Wildman–Crippen MR) is 95.7 cm³/mol. The highest BCUT2D eigenvalue weighted by atomic mass is 32.1. The Balaban J connectivity index is 1.55. The summed E-state index contributed by atoms with van der Waals surface area (Å²) in [7, 11) is 1.81. The third-order valence-electron chi connectivity index (χ3n) is 4.01. The van der Waals surface area contributed by atoms with Crippen molar-refractivity contribution < 1.29 is 13.6 Å². The van der Waals surface area contributed by atoms with Gasteiger partial charge in [0.15, 0.2) is 11.7 Å². The maximum atomic E-state index is 13.0. The Hall–Kier alpha value is -2.47. The van der Waals surface area contributed by atoms with Gasteiger partial charge in [-0.25, -0.2) is 9.37 Å². The van der Waals surface area contributed by atoms with Crippen molar-refractivity contribution in [3.63, 3.8) is 0 Å². The van der Waals surface area contributed by atoms with E-state index in [-0.39, 0.29) is 11.7 Å². The maximum absolute atomic E-state index is 13.0. The van der Waals surface area contributed by atoms with Crippen LogP contribution in [-0.4, -0.2) is 22.8 Å². The Labute approximate surface area is 149 Å². The van der Waals surface area contributed by atoms with Gasteiger partial charge in [0.05, 0.1) is 12.7 Å². The van der Waals surface area contributed by atoms with Gasteiger partial charge in [0.1, 0.15) is 5.82 Å². The number of aromatic nitrogens is 1. The summed E-state index contributed by atoms with van der Waals surface area (Å²) in [6, 6.07) is 8.09. The van der Waals surface area contributed by atoms with E-state index in [1.807, 2.05) is 12.3 Å². The lowest BCUT2D eigenvalue weighted by atomic mass is 10.2. The molecule has 0 fully saturated rings. The zero-order chi connectivity index (χ0) is 17.8. The normalized spacial score (nSPS) is 10.8. The zero-order valence-corrected chi connectivity index (χ0v) is 15.0. The van der Waals surface area contributed by atoms with Crippen molar-refractivity contribution >= 4 is 17.2 Å². The summed E-state index contributed by atoms with van der Waals surface area (Å²) in [5.74, 6) is 0.839. The van der Waals surface area contributed by atoms with Crippen molar-refractivity contribution in [2.45, 2.75) is 26.3 Å². The summed E-state index contributed by atoms with van der Waals surface area (Å²) in [5.41, 5.74) is 1.97. The number of oxazole rings is 1. The van der Waals surface area contributed by atoms with Crippen LogP contribution in [0.2, 0.25) is 0 Å². The lowest BCUT2D eigenvalue weighted by Crippen LogP contribution is -2.26. The first-order chi connectivity index (χ1) is 12.0. The molecule has 0 radical (unpaired) electrons. The fourth-order valence-electron chi connectivity index (χ4n) is 2.45. The zero-order valence-electron chi connectivity index (χ0n) is 14.2. The Bertz CT molecular complexity index is 854. The summed E-state index contributed by atoms with van der Waals surface area (Å²) in [6.45, 7) is 2.67. The summed E-state index contributed by atoms with van der Waals surface area (Å²) in [5, 5.41) is 2.03. The van der Waals surface area contributed by atoms with E-state index < -0.39 is 0 Å². The SMILES string of the molecule is Cc1ccsc1CN(C)C(=O)CCc1ncc(-c2ccc(F)cc2)o1. The largest absolute Gasteiger partial charge is 0.441 e. The van der Waals surface area contributed by atoms with Gasteiger partial charge < -0.3 is 9.32 Å². The van der Waals surface area contributed by atoms with E-state index in [9.17, 15) is 9.18 Å². The number of thiophene rings is 1. The number of nitrogens with zero attached hydrogens (tertiary/aromatic N) is 2. The van der Waals surface area contributed by atoms with Crippen molar-refractivity contribution in [1.29, 1.82) is 0 Å². The summed E-state index contributed by atoms with van der Waals surface area (Å²) >= 11 is 1.66. The van der Waals surface area contributed by atoms with Crippen LogP contribution in [-0.2, 0) is 17.8 Å². The molecule has 1 aromatic carbocycles. The van der Waals surface area contributed by atoms with Crippen LogP contribution in [0.15, 0.2) is 46.3 Å². The molecule has 1 amide bonds. The van der Waals surface area contributed by atoms with Gasteiger partial charge in [-0.3, -0.25) is 4.79 Å². The van der Waals surface area contributed by atoms with Gasteiger partial charge in [-0.05, 0) is 48.2 Å². The van der Waals surface area contributed by atoms with E-state index in [1.165, 1.54) is 22.6 Å². The molecule has 3 rings (SSSR count). The molecule has 0 atom stereocenters. The highest BCUT2D eigenvalue weighted by Gasteiger charge is 2.14. The number of rotatable bonds is 6. The number of hydrogen-bond donors (Lipinski definition) is 0. The van der Waals surface area contributed by atoms with Crippen molar-refractivity contribution in [3.05, 3.63) is 64.1 Å². The van der Waals surface area contributed by atoms with Gasteiger partial charge in [0.2, 0.25) is 5.91 Å². The van der Waals surface area contributed by atoms with Crippen molar-refractivity contribution in [3.8, 4) is 11.3 Å². The summed E-state index contributed by atoms with van der Waals surface area (Å²) < 4.78 is 18.6. The molecule has 0 bridgehead atoms. The standard InChI is InChI=1S/C19H19FN2O2S/c1-13-9-10-25-17(13)12-22(2)19(23)8-7-18-21-11-16(24-18)14-3-5-15(20)6-4-14/h3-6,9-11H,7-8,12H2,1-2H3. The van der Waals surface area contributed by atoms with E-state index in [2.05, 4.69) is 11.1 Å². The minimum atomic E-state index is -0.293. The van der Waals surface area contributed by atoms with Crippen LogP contribution in [0, 0.1) is 12.7 Å². The van der Waals surface area contributed by atoms with Crippen molar-refractivity contribution in [2.75, 3.05) is 7.05 Å². The molecule has 0 saturated carbocycles. The van der Waals surface area contributed by atoms with Gasteiger partial charge in [-0.2, -0.15) is 0 Å². The lowest BCUT2D eigenvalue weighted by Gasteiger charge is -2.16. The van der Waals surface area contributed by atoms with Gasteiger partial charge in [-0.15, -0.1) is 11.3 Å². The molecule has 0 aliphatic rings. The molecule has 0 spiro atoms. The first-order valence-corrected chi connectivity index (χ1v) is 8.88. The summed E-state index contributed by atoms with van der Waals surface area (Å²) in [4.78, 5) is 19.4. The van der Waals surface area contributed by atoms with Crippen LogP contribution >= 0.6 is 11.3 Å². The molecule has 2 aromatic heterocycles. The van der Waals surface area contributed by atoms with Gasteiger partial charge in [0, 0.05) is 30.3 Å². The van der Waals surface area contributed by atoms with Crippen LogP contribution in [0.5, 0.6) is 0 Å². The number of aryl methyl sites for hydroxylation is 2. The number of halogens is 1. The highest BCUT2D eigenvalue weighted by molar-refractivity contribution is 7.10. The first-order valence-electron chi connectivity index (χ1n) is 8.00. The monoisotopic (exact) mass is 358 g/mol. The minimum Gasteiger partial charge on any atom is -0.441 e. The number of hydrogen-bond acceptors (Lipinski definition) is 4. The van der Waals surface area contributed by atoms with Gasteiger partial charge in [0.25, 0.3) is 0 Å². The van der Waals surface area contributed by atoms with Gasteiger partial charge in [-0.1, -0.05) is 0 Å². The second kappa shape index (κ2) is 7.61. The molecule has 0 saturated heterocycles. The topological polar surface area (TPSA) is 46.3 Å². The molecule has 0 aliphatic heterocycles. The first kappa shape index (κ1) is 17.4. The Morgan fingerprint density at radius 3 is 2.72 bits per heavy atom. The number of carbonyl (C=O) groups excluding carboxylic acids is 1. The van der Waals surface area contributed by atoms with E-state index in [4.69, 9.17) is 4.42 Å². The average Bonchev–Trinajstić information content (AvgIpc) is 3.23.